The lowest BCUT2D eigenvalue weighted by Gasteiger charge is -2.17. The zero-order chi connectivity index (χ0) is 24.9. The third-order valence-corrected chi connectivity index (χ3v) is 6.37. The van der Waals surface area contributed by atoms with Crippen molar-refractivity contribution in [3.05, 3.63) is 65.4 Å². The standard InChI is InChI=1S/C25H22N6O3S/c1-4-28-25(33)30-23-8-6-16(12-29-23)19-13-27-14-22-18(19)10-21(35-22)24(32)31(2)17-7-5-15(11-26)20(9-17)34-3/h5-10,12-14H,4H2,1-3H3,(H2,28,29,30,33). The Labute approximate surface area is 206 Å². The molecule has 0 atom stereocenters. The van der Waals surface area contributed by atoms with Crippen LogP contribution in [-0.4, -0.2) is 42.6 Å². The van der Waals surface area contributed by atoms with Crippen molar-refractivity contribution in [2.24, 2.45) is 0 Å². The van der Waals surface area contributed by atoms with E-state index in [9.17, 15) is 14.9 Å². The molecular weight excluding hydrogens is 464 g/mol. The molecule has 0 spiro atoms. The van der Waals surface area contributed by atoms with E-state index in [1.54, 1.807) is 49.9 Å². The average molecular weight is 487 g/mol. The molecule has 0 unspecified atom stereocenters. The molecule has 0 fully saturated rings. The van der Waals surface area contributed by atoms with Gasteiger partial charge in [-0.2, -0.15) is 5.26 Å². The first-order valence-corrected chi connectivity index (χ1v) is 11.5. The van der Waals surface area contributed by atoms with E-state index in [1.807, 2.05) is 19.1 Å². The number of carbonyl (C=O) groups is 2. The average Bonchev–Trinajstić information content (AvgIpc) is 3.32. The van der Waals surface area contributed by atoms with Crippen LogP contribution in [0.5, 0.6) is 5.75 Å². The Bertz CT molecular complexity index is 1440. The molecule has 3 amide bonds. The number of nitrogens with zero attached hydrogens (tertiary/aromatic N) is 4. The first-order chi connectivity index (χ1) is 16.9. The molecule has 3 aromatic heterocycles. The van der Waals surface area contributed by atoms with E-state index in [1.165, 1.54) is 23.3 Å². The molecule has 2 N–H and O–H groups in total. The van der Waals surface area contributed by atoms with Gasteiger partial charge < -0.3 is 15.0 Å². The van der Waals surface area contributed by atoms with Crippen molar-refractivity contribution < 1.29 is 14.3 Å². The molecule has 0 aliphatic rings. The van der Waals surface area contributed by atoms with Crippen LogP contribution in [0.2, 0.25) is 0 Å². The van der Waals surface area contributed by atoms with Crippen molar-refractivity contribution >= 4 is 44.9 Å². The number of methoxy groups -OCH3 is 1. The predicted octanol–water partition coefficient (Wildman–Crippen LogP) is 4.66. The number of urea groups is 1. The molecule has 4 aromatic rings. The van der Waals surface area contributed by atoms with E-state index >= 15 is 0 Å². The second kappa shape index (κ2) is 10.2. The Hall–Kier alpha value is -4.49. The van der Waals surface area contributed by atoms with Crippen LogP contribution in [0, 0.1) is 11.3 Å². The highest BCUT2D eigenvalue weighted by atomic mass is 32.1. The molecule has 4 rings (SSSR count). The fourth-order valence-corrected chi connectivity index (χ4v) is 4.54. The van der Waals surface area contributed by atoms with Gasteiger partial charge in [0.05, 0.1) is 22.3 Å². The Morgan fingerprint density at radius 3 is 2.69 bits per heavy atom. The van der Waals surface area contributed by atoms with E-state index in [4.69, 9.17) is 4.74 Å². The van der Waals surface area contributed by atoms with Crippen molar-refractivity contribution in [2.75, 3.05) is 30.9 Å². The Kier molecular flexibility index (Phi) is 6.89. The van der Waals surface area contributed by atoms with Crippen LogP contribution < -0.4 is 20.3 Å². The molecule has 0 bridgehead atoms. The van der Waals surface area contributed by atoms with E-state index in [2.05, 4.69) is 26.7 Å². The first kappa shape index (κ1) is 23.7. The van der Waals surface area contributed by atoms with Gasteiger partial charge in [-0.05, 0) is 37.3 Å². The number of hydrogen-bond acceptors (Lipinski definition) is 7. The van der Waals surface area contributed by atoms with Gasteiger partial charge in [0.2, 0.25) is 0 Å². The predicted molar refractivity (Wildman–Crippen MR) is 136 cm³/mol. The van der Waals surface area contributed by atoms with Crippen LogP contribution in [-0.2, 0) is 0 Å². The van der Waals surface area contributed by atoms with Crippen LogP contribution in [0.3, 0.4) is 0 Å². The van der Waals surface area contributed by atoms with E-state index in [0.29, 0.717) is 34.2 Å². The summed E-state index contributed by atoms with van der Waals surface area (Å²) in [6.07, 6.45) is 5.11. The minimum absolute atomic E-state index is 0.191. The van der Waals surface area contributed by atoms with Crippen LogP contribution >= 0.6 is 11.3 Å². The van der Waals surface area contributed by atoms with E-state index in [-0.39, 0.29) is 11.9 Å². The number of rotatable bonds is 6. The number of nitriles is 1. The second-order valence-corrected chi connectivity index (χ2v) is 8.57. The van der Waals surface area contributed by atoms with Crippen molar-refractivity contribution in [1.82, 2.24) is 15.3 Å². The SMILES string of the molecule is CCNC(=O)Nc1ccc(-c2cncc3sc(C(=O)N(C)c4ccc(C#N)c(OC)c4)cc23)cn1. The van der Waals surface area contributed by atoms with Gasteiger partial charge in [0.1, 0.15) is 17.6 Å². The maximum atomic E-state index is 13.3. The lowest BCUT2D eigenvalue weighted by molar-refractivity contribution is 0.0997. The number of fused-ring (bicyclic) bond motifs is 1. The number of ether oxygens (including phenoxy) is 1. The Balaban J connectivity index is 1.62. The van der Waals surface area contributed by atoms with E-state index < -0.39 is 0 Å². The maximum absolute atomic E-state index is 13.3. The molecule has 35 heavy (non-hydrogen) atoms. The minimum atomic E-state index is -0.318. The number of benzene rings is 1. The van der Waals surface area contributed by atoms with Gasteiger partial charge in [-0.3, -0.25) is 15.1 Å². The quantitative estimate of drug-likeness (QED) is 0.409. The maximum Gasteiger partial charge on any atom is 0.320 e. The summed E-state index contributed by atoms with van der Waals surface area (Å²) < 4.78 is 6.13. The molecule has 9 nitrogen and oxygen atoms in total. The summed E-state index contributed by atoms with van der Waals surface area (Å²) in [6.45, 7) is 2.35. The van der Waals surface area contributed by atoms with E-state index in [0.717, 1.165) is 21.2 Å². The zero-order valence-corrected chi connectivity index (χ0v) is 20.1. The zero-order valence-electron chi connectivity index (χ0n) is 19.3. The first-order valence-electron chi connectivity index (χ1n) is 10.7. The molecule has 3 heterocycles. The summed E-state index contributed by atoms with van der Waals surface area (Å²) in [7, 11) is 3.16. The topological polar surface area (TPSA) is 120 Å². The summed E-state index contributed by atoms with van der Waals surface area (Å²) in [4.78, 5) is 35.7. The van der Waals surface area contributed by atoms with Gasteiger partial charge in [-0.15, -0.1) is 11.3 Å². The molecule has 0 aliphatic heterocycles. The molecule has 1 aromatic carbocycles. The van der Waals surface area contributed by atoms with Gasteiger partial charge >= 0.3 is 6.03 Å². The fraction of sp³-hybridized carbons (Fsp3) is 0.160. The van der Waals surface area contributed by atoms with Gasteiger partial charge in [0.15, 0.2) is 0 Å². The molecule has 10 heteroatoms. The van der Waals surface area contributed by atoms with Crippen molar-refractivity contribution in [3.63, 3.8) is 0 Å². The highest BCUT2D eigenvalue weighted by Gasteiger charge is 2.19. The van der Waals surface area contributed by atoms with Gasteiger partial charge in [-0.1, -0.05) is 0 Å². The molecule has 0 saturated carbocycles. The van der Waals surface area contributed by atoms with Crippen LogP contribution in [0.4, 0.5) is 16.3 Å². The largest absolute Gasteiger partial charge is 0.495 e. The molecule has 176 valence electrons. The lowest BCUT2D eigenvalue weighted by atomic mass is 10.1. The number of carbonyl (C=O) groups excluding carboxylic acids is 2. The smallest absolute Gasteiger partial charge is 0.320 e. The fourth-order valence-electron chi connectivity index (χ4n) is 3.51. The second-order valence-electron chi connectivity index (χ2n) is 7.49. The summed E-state index contributed by atoms with van der Waals surface area (Å²) in [5.74, 6) is 0.647. The molecule has 0 saturated heterocycles. The number of aromatic nitrogens is 2. The van der Waals surface area contributed by atoms with Gasteiger partial charge in [0.25, 0.3) is 5.91 Å². The van der Waals surface area contributed by atoms with Crippen LogP contribution in [0.25, 0.3) is 21.2 Å². The number of nitrogens with one attached hydrogen (secondary N) is 2. The number of anilines is 2. The number of amides is 3. The van der Waals surface area contributed by atoms with Crippen molar-refractivity contribution in [3.8, 4) is 22.9 Å². The third-order valence-electron chi connectivity index (χ3n) is 5.31. The molecule has 0 radical (unpaired) electrons. The van der Waals surface area contributed by atoms with Crippen molar-refractivity contribution in [2.45, 2.75) is 6.92 Å². The highest BCUT2D eigenvalue weighted by Crippen LogP contribution is 2.35. The third kappa shape index (κ3) is 4.90. The van der Waals surface area contributed by atoms with Gasteiger partial charge in [-0.25, -0.2) is 9.78 Å². The Morgan fingerprint density at radius 2 is 2.00 bits per heavy atom. The number of pyridine rings is 2. The number of hydrogen-bond donors (Lipinski definition) is 2. The summed E-state index contributed by atoms with van der Waals surface area (Å²) in [6, 6.07) is 12.2. The minimum Gasteiger partial charge on any atom is -0.495 e. The highest BCUT2D eigenvalue weighted by molar-refractivity contribution is 7.21. The van der Waals surface area contributed by atoms with Crippen LogP contribution in [0.1, 0.15) is 22.2 Å². The summed E-state index contributed by atoms with van der Waals surface area (Å²) in [5, 5.41) is 15.4. The number of thiophene rings is 1. The van der Waals surface area contributed by atoms with Gasteiger partial charge in [0, 0.05) is 60.4 Å². The Morgan fingerprint density at radius 1 is 1.17 bits per heavy atom. The van der Waals surface area contributed by atoms with Crippen LogP contribution in [0.15, 0.2) is 55.0 Å². The monoisotopic (exact) mass is 486 g/mol. The summed E-state index contributed by atoms with van der Waals surface area (Å²) in [5.41, 5.74) is 2.65. The normalized spacial score (nSPS) is 10.5. The molecule has 0 aliphatic carbocycles. The molecular formula is C25H22N6O3S. The lowest BCUT2D eigenvalue weighted by Crippen LogP contribution is -2.28. The van der Waals surface area contributed by atoms with Crippen molar-refractivity contribution in [1.29, 1.82) is 5.26 Å². The summed E-state index contributed by atoms with van der Waals surface area (Å²) >= 11 is 1.35.